The molecule has 1 unspecified atom stereocenters. The Morgan fingerprint density at radius 2 is 2.18 bits per heavy atom. The van der Waals surface area contributed by atoms with E-state index in [-0.39, 0.29) is 24.0 Å². The number of halogens is 1. The van der Waals surface area contributed by atoms with Crippen molar-refractivity contribution in [3.8, 4) is 0 Å². The first-order valence-electron chi connectivity index (χ1n) is 7.56. The molecule has 5 nitrogen and oxygen atoms in total. The SMILES string of the molecule is CN=C(NCC(C)N(C)C1CC1)N(C)Cc1csc(C)n1.I. The normalized spacial score (nSPS) is 16.4. The van der Waals surface area contributed by atoms with E-state index in [0.29, 0.717) is 6.04 Å². The second-order valence-electron chi connectivity index (χ2n) is 5.89. The summed E-state index contributed by atoms with van der Waals surface area (Å²) in [5, 5.41) is 6.70. The van der Waals surface area contributed by atoms with E-state index in [2.05, 4.69) is 51.5 Å². The quantitative estimate of drug-likeness (QED) is 0.422. The molecule has 0 radical (unpaired) electrons. The van der Waals surface area contributed by atoms with Gasteiger partial charge in [-0.2, -0.15) is 0 Å². The fraction of sp³-hybridized carbons (Fsp3) is 0.733. The van der Waals surface area contributed by atoms with Crippen molar-refractivity contribution in [1.29, 1.82) is 0 Å². The number of guanidine groups is 1. The summed E-state index contributed by atoms with van der Waals surface area (Å²) in [5.74, 6) is 0.928. The van der Waals surface area contributed by atoms with Crippen LogP contribution in [0.5, 0.6) is 0 Å². The molecule has 1 fully saturated rings. The summed E-state index contributed by atoms with van der Waals surface area (Å²) < 4.78 is 0. The predicted octanol–water partition coefficient (Wildman–Crippen LogP) is 2.56. The van der Waals surface area contributed by atoms with Gasteiger partial charge in [-0.1, -0.05) is 0 Å². The van der Waals surface area contributed by atoms with E-state index in [4.69, 9.17) is 0 Å². The fourth-order valence-corrected chi connectivity index (χ4v) is 3.01. The third kappa shape index (κ3) is 5.66. The third-order valence-corrected chi connectivity index (χ3v) is 4.84. The van der Waals surface area contributed by atoms with Crippen molar-refractivity contribution in [3.05, 3.63) is 16.1 Å². The Morgan fingerprint density at radius 1 is 1.50 bits per heavy atom. The standard InChI is InChI=1S/C15H27N5S.HI/c1-11(20(5)14-6-7-14)8-17-15(16-3)19(4)9-13-10-21-12(2)18-13;/h10-11,14H,6-9H2,1-5H3,(H,16,17);1H. The minimum atomic E-state index is 0. The Morgan fingerprint density at radius 3 is 2.68 bits per heavy atom. The van der Waals surface area contributed by atoms with Crippen molar-refractivity contribution in [2.75, 3.05) is 27.7 Å². The second-order valence-corrected chi connectivity index (χ2v) is 6.95. The summed E-state index contributed by atoms with van der Waals surface area (Å²) in [7, 11) is 6.11. The molecule has 1 aromatic heterocycles. The average molecular weight is 437 g/mol. The van der Waals surface area contributed by atoms with Crippen molar-refractivity contribution in [1.82, 2.24) is 20.1 Å². The molecule has 1 N–H and O–H groups in total. The Hall–Kier alpha value is -0.410. The first kappa shape index (κ1) is 19.6. The monoisotopic (exact) mass is 437 g/mol. The van der Waals surface area contributed by atoms with Crippen molar-refractivity contribution < 1.29 is 0 Å². The molecular formula is C15H28IN5S. The number of hydrogen-bond donors (Lipinski definition) is 1. The first-order chi connectivity index (χ1) is 10.0. The summed E-state index contributed by atoms with van der Waals surface area (Å²) in [5.41, 5.74) is 1.10. The smallest absolute Gasteiger partial charge is 0.193 e. The highest BCUT2D eigenvalue weighted by atomic mass is 127. The van der Waals surface area contributed by atoms with Crippen LogP contribution >= 0.6 is 35.3 Å². The van der Waals surface area contributed by atoms with Crippen LogP contribution in [0.3, 0.4) is 0 Å². The van der Waals surface area contributed by atoms with Gasteiger partial charge in [-0.25, -0.2) is 4.98 Å². The van der Waals surface area contributed by atoms with Gasteiger partial charge in [0, 0.05) is 38.1 Å². The van der Waals surface area contributed by atoms with Crippen molar-refractivity contribution in [2.24, 2.45) is 4.99 Å². The number of rotatable bonds is 6. The lowest BCUT2D eigenvalue weighted by Gasteiger charge is -2.27. The van der Waals surface area contributed by atoms with Gasteiger partial charge in [0.05, 0.1) is 17.2 Å². The van der Waals surface area contributed by atoms with Gasteiger partial charge in [-0.15, -0.1) is 35.3 Å². The second kappa shape index (κ2) is 9.02. The summed E-state index contributed by atoms with van der Waals surface area (Å²) in [6.07, 6.45) is 2.69. The van der Waals surface area contributed by atoms with E-state index < -0.39 is 0 Å². The molecule has 22 heavy (non-hydrogen) atoms. The summed E-state index contributed by atoms with van der Waals surface area (Å²) in [6, 6.07) is 1.31. The van der Waals surface area contributed by atoms with E-state index in [0.717, 1.165) is 35.8 Å². The number of nitrogens with zero attached hydrogens (tertiary/aromatic N) is 4. The highest BCUT2D eigenvalue weighted by Gasteiger charge is 2.29. The van der Waals surface area contributed by atoms with Crippen LogP contribution in [-0.4, -0.2) is 60.5 Å². The molecule has 1 heterocycles. The van der Waals surface area contributed by atoms with Crippen LogP contribution in [0.15, 0.2) is 10.4 Å². The minimum Gasteiger partial charge on any atom is -0.355 e. The van der Waals surface area contributed by atoms with Gasteiger partial charge in [-0.3, -0.25) is 9.89 Å². The van der Waals surface area contributed by atoms with Crippen molar-refractivity contribution in [3.63, 3.8) is 0 Å². The molecule has 0 aromatic carbocycles. The van der Waals surface area contributed by atoms with Gasteiger partial charge in [0.25, 0.3) is 0 Å². The summed E-state index contributed by atoms with van der Waals surface area (Å²) >= 11 is 1.69. The number of nitrogens with one attached hydrogen (secondary N) is 1. The molecule has 0 bridgehead atoms. The predicted molar refractivity (Wildman–Crippen MR) is 105 cm³/mol. The Balaban J connectivity index is 0.00000242. The third-order valence-electron chi connectivity index (χ3n) is 4.01. The molecule has 1 aromatic rings. The van der Waals surface area contributed by atoms with Crippen LogP contribution in [0.2, 0.25) is 0 Å². The highest BCUT2D eigenvalue weighted by Crippen LogP contribution is 2.26. The van der Waals surface area contributed by atoms with Crippen molar-refractivity contribution >= 4 is 41.3 Å². The lowest BCUT2D eigenvalue weighted by Crippen LogP contribution is -2.45. The van der Waals surface area contributed by atoms with Crippen LogP contribution in [0.4, 0.5) is 0 Å². The maximum Gasteiger partial charge on any atom is 0.193 e. The molecule has 0 amide bonds. The Bertz CT molecular complexity index is 486. The van der Waals surface area contributed by atoms with Gasteiger partial charge in [0.15, 0.2) is 5.96 Å². The van der Waals surface area contributed by atoms with Crippen LogP contribution in [0, 0.1) is 6.92 Å². The molecule has 0 spiro atoms. The summed E-state index contributed by atoms with van der Waals surface area (Å²) in [6.45, 7) is 6.01. The Kier molecular flexibility index (Phi) is 8.06. The van der Waals surface area contributed by atoms with E-state index >= 15 is 0 Å². The molecular weight excluding hydrogens is 409 g/mol. The van der Waals surface area contributed by atoms with E-state index in [1.807, 2.05) is 14.0 Å². The zero-order valence-corrected chi connectivity index (χ0v) is 17.3. The van der Waals surface area contributed by atoms with Gasteiger partial charge >= 0.3 is 0 Å². The molecule has 1 saturated carbocycles. The average Bonchev–Trinajstić information content (AvgIpc) is 3.22. The first-order valence-corrected chi connectivity index (χ1v) is 8.44. The largest absolute Gasteiger partial charge is 0.355 e. The molecule has 1 aliphatic rings. The molecule has 7 heteroatoms. The maximum atomic E-state index is 4.51. The number of likely N-dealkylation sites (N-methyl/N-ethyl adjacent to an activating group) is 1. The fourth-order valence-electron chi connectivity index (χ4n) is 2.41. The van der Waals surface area contributed by atoms with Crippen LogP contribution in [-0.2, 0) is 6.54 Å². The van der Waals surface area contributed by atoms with E-state index in [1.165, 1.54) is 12.8 Å². The summed E-state index contributed by atoms with van der Waals surface area (Å²) in [4.78, 5) is 13.5. The Labute approximate surface area is 155 Å². The number of aliphatic imine (C=N–C) groups is 1. The van der Waals surface area contributed by atoms with Crippen molar-refractivity contribution in [2.45, 2.75) is 45.3 Å². The lowest BCUT2D eigenvalue weighted by molar-refractivity contribution is 0.246. The molecule has 1 atom stereocenters. The number of aromatic nitrogens is 1. The number of hydrogen-bond acceptors (Lipinski definition) is 4. The molecule has 1 aliphatic carbocycles. The van der Waals surface area contributed by atoms with Gasteiger partial charge in [-0.05, 0) is 33.7 Å². The topological polar surface area (TPSA) is 43.8 Å². The van der Waals surface area contributed by atoms with Crippen LogP contribution < -0.4 is 5.32 Å². The minimum absolute atomic E-state index is 0. The molecule has 126 valence electrons. The maximum absolute atomic E-state index is 4.51. The van der Waals surface area contributed by atoms with E-state index in [1.54, 1.807) is 11.3 Å². The number of aryl methyl sites for hydroxylation is 1. The van der Waals surface area contributed by atoms with E-state index in [9.17, 15) is 0 Å². The molecule has 2 rings (SSSR count). The molecule has 0 aliphatic heterocycles. The lowest BCUT2D eigenvalue weighted by atomic mass is 10.3. The zero-order chi connectivity index (χ0) is 15.4. The number of thiazole rings is 1. The van der Waals surface area contributed by atoms with Crippen LogP contribution in [0.25, 0.3) is 0 Å². The van der Waals surface area contributed by atoms with Crippen LogP contribution in [0.1, 0.15) is 30.5 Å². The van der Waals surface area contributed by atoms with Gasteiger partial charge in [0.1, 0.15) is 0 Å². The zero-order valence-electron chi connectivity index (χ0n) is 14.2. The van der Waals surface area contributed by atoms with Gasteiger partial charge in [0.2, 0.25) is 0 Å². The molecule has 0 saturated heterocycles. The highest BCUT2D eigenvalue weighted by molar-refractivity contribution is 14.0. The van der Waals surface area contributed by atoms with Gasteiger partial charge < -0.3 is 10.2 Å².